The molecule has 0 amide bonds. The van der Waals surface area contributed by atoms with E-state index in [4.69, 9.17) is 9.36 Å². The summed E-state index contributed by atoms with van der Waals surface area (Å²) in [7, 11) is -5.73. The van der Waals surface area contributed by atoms with E-state index in [0.29, 0.717) is 11.5 Å². The second-order valence-corrected chi connectivity index (χ2v) is 8.60. The van der Waals surface area contributed by atoms with Gasteiger partial charge in [-0.2, -0.15) is 8.42 Å². The van der Waals surface area contributed by atoms with Crippen molar-refractivity contribution in [1.82, 2.24) is 0 Å². The van der Waals surface area contributed by atoms with Gasteiger partial charge in [0.15, 0.2) is 0 Å². The van der Waals surface area contributed by atoms with Crippen molar-refractivity contribution < 1.29 is 16.8 Å². The third-order valence-electron chi connectivity index (χ3n) is 2.19. The van der Waals surface area contributed by atoms with Gasteiger partial charge in [0.1, 0.15) is 0 Å². The van der Waals surface area contributed by atoms with Gasteiger partial charge in [-0.15, -0.1) is 0 Å². The fourth-order valence-electron chi connectivity index (χ4n) is 1.65. The van der Waals surface area contributed by atoms with Crippen LogP contribution >= 0.6 is 10.3 Å². The van der Waals surface area contributed by atoms with E-state index in [1.807, 2.05) is 0 Å². The fraction of sp³-hybridized carbons (Fsp3) is 0.875. The summed E-state index contributed by atoms with van der Waals surface area (Å²) in [6.07, 6.45) is 2.65. The Hall–Kier alpha value is -0.110. The quantitative estimate of drug-likeness (QED) is 0.786. The van der Waals surface area contributed by atoms with E-state index in [2.05, 4.69) is 0 Å². The largest absolute Gasteiger partial charge is 0.321 e. The van der Waals surface area contributed by atoms with Gasteiger partial charge in [-0.3, -0.25) is 4.79 Å². The van der Waals surface area contributed by atoms with Crippen LogP contribution in [0.15, 0.2) is 0 Å². The highest BCUT2D eigenvalue weighted by Gasteiger charge is 2.41. The van der Waals surface area contributed by atoms with E-state index in [1.165, 1.54) is 0 Å². The van der Waals surface area contributed by atoms with Gasteiger partial charge in [-0.1, -0.05) is 10.3 Å². The van der Waals surface area contributed by atoms with Crippen LogP contribution in [0.25, 0.3) is 0 Å². The van der Waals surface area contributed by atoms with Gasteiger partial charge in [0.05, 0.1) is 12.3 Å². The summed E-state index contributed by atoms with van der Waals surface area (Å²) in [6.45, 7) is 1.57. The molecule has 1 saturated heterocycles. The maximum Gasteiger partial charge on any atom is 0.274 e. The van der Waals surface area contributed by atoms with Crippen LogP contribution < -0.4 is 5.73 Å². The smallest absolute Gasteiger partial charge is 0.274 e. The van der Waals surface area contributed by atoms with Gasteiger partial charge in [0.2, 0.25) is 5.12 Å². The molecule has 0 aromatic rings. The molecule has 90 valence electrons. The standard InChI is InChI=1S/C8H17NO4S2/c1-7(9)8(10)15(5-3-4-6-15)13-14(2,11)12/h7H,3-6,9H2,1-2H3/t7-/m0/s1. The van der Waals surface area contributed by atoms with Crippen molar-refractivity contribution in [1.29, 1.82) is 0 Å². The minimum absolute atomic E-state index is 0.231. The van der Waals surface area contributed by atoms with Gasteiger partial charge in [0.25, 0.3) is 10.1 Å². The number of hydrogen-bond acceptors (Lipinski definition) is 5. The lowest BCUT2D eigenvalue weighted by Crippen LogP contribution is -2.34. The Morgan fingerprint density at radius 3 is 2.20 bits per heavy atom. The summed E-state index contributed by atoms with van der Waals surface area (Å²) < 4.78 is 27.3. The Morgan fingerprint density at radius 1 is 1.40 bits per heavy atom. The van der Waals surface area contributed by atoms with E-state index in [0.717, 1.165) is 19.1 Å². The summed E-state index contributed by atoms with van der Waals surface area (Å²) in [5.41, 5.74) is 5.52. The molecule has 0 aromatic heterocycles. The van der Waals surface area contributed by atoms with E-state index < -0.39 is 26.5 Å². The second-order valence-electron chi connectivity index (χ2n) is 3.81. The third-order valence-corrected chi connectivity index (χ3v) is 7.22. The molecule has 0 bridgehead atoms. The first-order valence-electron chi connectivity index (χ1n) is 4.76. The summed E-state index contributed by atoms with van der Waals surface area (Å²) in [5.74, 6) is 1.06. The summed E-state index contributed by atoms with van der Waals surface area (Å²) in [5, 5.41) is -0.231. The molecule has 7 heteroatoms. The molecule has 2 N–H and O–H groups in total. The lowest BCUT2D eigenvalue weighted by molar-refractivity contribution is -0.112. The molecule has 0 aliphatic carbocycles. The lowest BCUT2D eigenvalue weighted by atomic mass is 10.4. The van der Waals surface area contributed by atoms with Gasteiger partial charge in [-0.25, -0.2) is 3.63 Å². The Morgan fingerprint density at radius 2 is 1.87 bits per heavy atom. The van der Waals surface area contributed by atoms with Crippen LogP contribution in [0.5, 0.6) is 0 Å². The van der Waals surface area contributed by atoms with Crippen LogP contribution in [0.3, 0.4) is 0 Å². The first-order valence-corrected chi connectivity index (χ1v) is 8.47. The summed E-state index contributed by atoms with van der Waals surface area (Å²) >= 11 is 0. The number of rotatable bonds is 3. The molecule has 1 fully saturated rings. The van der Waals surface area contributed by atoms with Crippen molar-refractivity contribution in [3.63, 3.8) is 0 Å². The van der Waals surface area contributed by atoms with Gasteiger partial charge in [0, 0.05) is 11.5 Å². The highest BCUT2D eigenvalue weighted by Crippen LogP contribution is 2.57. The Labute approximate surface area is 92.0 Å². The van der Waals surface area contributed by atoms with Crippen molar-refractivity contribution in [3.8, 4) is 0 Å². The topological polar surface area (TPSA) is 86.5 Å². The minimum atomic E-state index is -3.58. The average Bonchev–Trinajstić information content (AvgIpc) is 2.49. The molecule has 0 radical (unpaired) electrons. The van der Waals surface area contributed by atoms with E-state index in [9.17, 15) is 13.2 Å². The van der Waals surface area contributed by atoms with Crippen molar-refractivity contribution in [2.45, 2.75) is 25.8 Å². The minimum Gasteiger partial charge on any atom is -0.321 e. The van der Waals surface area contributed by atoms with E-state index >= 15 is 0 Å². The number of hydrogen-bond donors (Lipinski definition) is 1. The SMILES string of the molecule is C[C@H](N)C(=O)S1(OS(C)(=O)=O)CCCC1. The van der Waals surface area contributed by atoms with E-state index in [-0.39, 0.29) is 5.12 Å². The summed E-state index contributed by atoms with van der Waals surface area (Å²) in [6, 6.07) is -0.653. The molecule has 1 heterocycles. The molecule has 0 spiro atoms. The maximum atomic E-state index is 11.9. The Bertz CT molecular complexity index is 344. The Balaban J connectivity index is 2.94. The first kappa shape index (κ1) is 13.0. The molecule has 1 rings (SSSR count). The highest BCUT2D eigenvalue weighted by molar-refractivity contribution is 8.44. The molecular weight excluding hydrogens is 238 g/mol. The number of carbonyl (C=O) groups excluding carboxylic acids is 1. The van der Waals surface area contributed by atoms with Crippen LogP contribution in [0.4, 0.5) is 0 Å². The predicted octanol–water partition coefficient (Wildman–Crippen LogP) is 0.350. The second kappa shape index (κ2) is 4.40. The predicted molar refractivity (Wildman–Crippen MR) is 61.1 cm³/mol. The first-order chi connectivity index (χ1) is 6.77. The molecule has 15 heavy (non-hydrogen) atoms. The molecule has 0 aromatic carbocycles. The van der Waals surface area contributed by atoms with Gasteiger partial charge < -0.3 is 5.73 Å². The van der Waals surface area contributed by atoms with Crippen LogP contribution in [0.1, 0.15) is 19.8 Å². The fourth-order valence-corrected chi connectivity index (χ4v) is 6.98. The highest BCUT2D eigenvalue weighted by atomic mass is 32.3. The molecule has 5 nitrogen and oxygen atoms in total. The normalized spacial score (nSPS) is 24.7. The number of nitrogens with two attached hydrogens (primary N) is 1. The van der Waals surface area contributed by atoms with Gasteiger partial charge in [-0.05, 0) is 19.8 Å². The molecule has 1 aliphatic rings. The monoisotopic (exact) mass is 255 g/mol. The Kier molecular flexibility index (Phi) is 3.80. The third kappa shape index (κ3) is 3.17. The lowest BCUT2D eigenvalue weighted by Gasteiger charge is -2.32. The van der Waals surface area contributed by atoms with Crippen molar-refractivity contribution >= 4 is 25.5 Å². The molecule has 0 saturated carbocycles. The maximum absolute atomic E-state index is 11.9. The zero-order valence-electron chi connectivity index (χ0n) is 8.93. The molecule has 1 aliphatic heterocycles. The van der Waals surface area contributed by atoms with Crippen molar-refractivity contribution in [2.24, 2.45) is 5.73 Å². The van der Waals surface area contributed by atoms with Crippen LogP contribution in [0, 0.1) is 0 Å². The van der Waals surface area contributed by atoms with Crippen LogP contribution in [0.2, 0.25) is 0 Å². The molecule has 0 unspecified atom stereocenters. The zero-order valence-corrected chi connectivity index (χ0v) is 10.6. The van der Waals surface area contributed by atoms with Gasteiger partial charge >= 0.3 is 0 Å². The zero-order chi connectivity index (χ0) is 11.7. The number of carbonyl (C=O) groups is 1. The van der Waals surface area contributed by atoms with Crippen molar-refractivity contribution in [3.05, 3.63) is 0 Å². The molecule has 1 atom stereocenters. The molecular formula is C8H17NO4S2. The van der Waals surface area contributed by atoms with Crippen molar-refractivity contribution in [2.75, 3.05) is 17.8 Å². The van der Waals surface area contributed by atoms with E-state index in [1.54, 1.807) is 6.92 Å². The average molecular weight is 255 g/mol. The summed E-state index contributed by atoms with van der Waals surface area (Å²) in [4.78, 5) is 11.9. The van der Waals surface area contributed by atoms with Crippen LogP contribution in [-0.2, 0) is 18.5 Å². The van der Waals surface area contributed by atoms with Crippen LogP contribution in [-0.4, -0.2) is 37.3 Å².